The van der Waals surface area contributed by atoms with Gasteiger partial charge in [0.2, 0.25) is 0 Å². The first-order chi connectivity index (χ1) is 10.3. The van der Waals surface area contributed by atoms with E-state index < -0.39 is 0 Å². The Morgan fingerprint density at radius 1 is 0.952 bits per heavy atom. The first-order valence-corrected chi connectivity index (χ1v) is 7.42. The van der Waals surface area contributed by atoms with Crippen LogP contribution in [0, 0.1) is 0 Å². The standard InChI is InChI=1S/C18H23N3/c1-2-13-21(15-17-11-7-4-8-12-17)18(19)20-14-16-9-5-3-6-10-16/h3-12H,2,13-15H2,1H3,(H2,19,20). The van der Waals surface area contributed by atoms with Crippen LogP contribution in [0.25, 0.3) is 0 Å². The largest absolute Gasteiger partial charge is 0.370 e. The average molecular weight is 281 g/mol. The van der Waals surface area contributed by atoms with Gasteiger partial charge in [0, 0.05) is 13.1 Å². The van der Waals surface area contributed by atoms with Crippen molar-refractivity contribution in [3.05, 3.63) is 71.8 Å². The van der Waals surface area contributed by atoms with Crippen molar-refractivity contribution >= 4 is 5.96 Å². The van der Waals surface area contributed by atoms with Crippen LogP contribution < -0.4 is 5.73 Å². The van der Waals surface area contributed by atoms with Gasteiger partial charge in [-0.15, -0.1) is 0 Å². The molecule has 110 valence electrons. The van der Waals surface area contributed by atoms with Gasteiger partial charge >= 0.3 is 0 Å². The summed E-state index contributed by atoms with van der Waals surface area (Å²) in [5.74, 6) is 0.615. The number of nitrogens with zero attached hydrogens (tertiary/aromatic N) is 2. The molecule has 0 aliphatic carbocycles. The first kappa shape index (κ1) is 15.1. The highest BCUT2D eigenvalue weighted by Crippen LogP contribution is 2.06. The fourth-order valence-electron chi connectivity index (χ4n) is 2.20. The van der Waals surface area contributed by atoms with Gasteiger partial charge in [-0.25, -0.2) is 4.99 Å². The number of guanidine groups is 1. The predicted octanol–water partition coefficient (Wildman–Crippen LogP) is 3.41. The van der Waals surface area contributed by atoms with Crippen molar-refractivity contribution < 1.29 is 0 Å². The Balaban J connectivity index is 2.02. The molecule has 0 saturated heterocycles. The maximum Gasteiger partial charge on any atom is 0.191 e. The second-order valence-corrected chi connectivity index (χ2v) is 5.07. The summed E-state index contributed by atoms with van der Waals surface area (Å²) >= 11 is 0. The van der Waals surface area contributed by atoms with Crippen molar-refractivity contribution in [2.75, 3.05) is 6.54 Å². The van der Waals surface area contributed by atoms with E-state index in [-0.39, 0.29) is 0 Å². The highest BCUT2D eigenvalue weighted by Gasteiger charge is 2.07. The molecule has 0 fully saturated rings. The van der Waals surface area contributed by atoms with E-state index in [1.165, 1.54) is 11.1 Å². The summed E-state index contributed by atoms with van der Waals surface area (Å²) in [6, 6.07) is 20.6. The lowest BCUT2D eigenvalue weighted by Crippen LogP contribution is -2.37. The number of hydrogen-bond acceptors (Lipinski definition) is 1. The summed E-state index contributed by atoms with van der Waals surface area (Å²) < 4.78 is 0. The Bertz CT molecular complexity index is 549. The van der Waals surface area contributed by atoms with E-state index in [9.17, 15) is 0 Å². The maximum atomic E-state index is 6.18. The summed E-state index contributed by atoms with van der Waals surface area (Å²) in [5.41, 5.74) is 8.61. The van der Waals surface area contributed by atoms with Crippen LogP contribution >= 0.6 is 0 Å². The van der Waals surface area contributed by atoms with Crippen LogP contribution in [0.3, 0.4) is 0 Å². The van der Waals surface area contributed by atoms with Crippen molar-refractivity contribution in [2.24, 2.45) is 10.7 Å². The zero-order valence-electron chi connectivity index (χ0n) is 12.6. The Kier molecular flexibility index (Phi) is 5.83. The van der Waals surface area contributed by atoms with Crippen molar-refractivity contribution in [1.82, 2.24) is 4.90 Å². The molecular formula is C18H23N3. The number of aliphatic imine (C=N–C) groups is 1. The lowest BCUT2D eigenvalue weighted by molar-refractivity contribution is 0.405. The molecule has 21 heavy (non-hydrogen) atoms. The van der Waals surface area contributed by atoms with Crippen molar-refractivity contribution in [3.8, 4) is 0 Å². The number of nitrogens with two attached hydrogens (primary N) is 1. The van der Waals surface area contributed by atoms with Gasteiger partial charge in [0.05, 0.1) is 6.54 Å². The second-order valence-electron chi connectivity index (χ2n) is 5.07. The second kappa shape index (κ2) is 8.10. The lowest BCUT2D eigenvalue weighted by Gasteiger charge is -2.23. The number of hydrogen-bond donors (Lipinski definition) is 1. The van der Waals surface area contributed by atoms with Crippen molar-refractivity contribution in [1.29, 1.82) is 0 Å². The van der Waals surface area contributed by atoms with Crippen LogP contribution in [0.15, 0.2) is 65.7 Å². The van der Waals surface area contributed by atoms with E-state index in [1.54, 1.807) is 0 Å². The molecule has 0 amide bonds. The molecule has 3 nitrogen and oxygen atoms in total. The molecular weight excluding hydrogens is 258 g/mol. The molecule has 2 aromatic carbocycles. The molecule has 0 aliphatic heterocycles. The Hall–Kier alpha value is -2.29. The van der Waals surface area contributed by atoms with E-state index in [1.807, 2.05) is 24.3 Å². The van der Waals surface area contributed by atoms with E-state index >= 15 is 0 Å². The molecule has 2 N–H and O–H groups in total. The van der Waals surface area contributed by atoms with E-state index in [0.717, 1.165) is 19.5 Å². The maximum absolute atomic E-state index is 6.18. The van der Waals surface area contributed by atoms with Crippen LogP contribution in [-0.2, 0) is 13.1 Å². The van der Waals surface area contributed by atoms with E-state index in [4.69, 9.17) is 5.73 Å². The first-order valence-electron chi connectivity index (χ1n) is 7.42. The fourth-order valence-corrected chi connectivity index (χ4v) is 2.20. The molecule has 0 aliphatic rings. The summed E-state index contributed by atoms with van der Waals surface area (Å²) in [6.45, 7) is 4.50. The summed E-state index contributed by atoms with van der Waals surface area (Å²) in [7, 11) is 0. The van der Waals surface area contributed by atoms with Gasteiger partial charge in [0.1, 0.15) is 0 Å². The third kappa shape index (κ3) is 4.95. The van der Waals surface area contributed by atoms with Crippen LogP contribution in [-0.4, -0.2) is 17.4 Å². The average Bonchev–Trinajstić information content (AvgIpc) is 2.54. The molecule has 0 unspecified atom stereocenters. The van der Waals surface area contributed by atoms with E-state index in [0.29, 0.717) is 12.5 Å². The van der Waals surface area contributed by atoms with Crippen LogP contribution in [0.2, 0.25) is 0 Å². The third-order valence-corrected chi connectivity index (χ3v) is 3.30. The van der Waals surface area contributed by atoms with Crippen molar-refractivity contribution in [2.45, 2.75) is 26.4 Å². The molecule has 0 bridgehead atoms. The van der Waals surface area contributed by atoms with Crippen LogP contribution in [0.5, 0.6) is 0 Å². The minimum Gasteiger partial charge on any atom is -0.370 e. The normalized spacial score (nSPS) is 11.4. The Morgan fingerprint density at radius 3 is 2.10 bits per heavy atom. The van der Waals surface area contributed by atoms with Crippen LogP contribution in [0.1, 0.15) is 24.5 Å². The van der Waals surface area contributed by atoms with Crippen molar-refractivity contribution in [3.63, 3.8) is 0 Å². The number of benzene rings is 2. The zero-order valence-corrected chi connectivity index (χ0v) is 12.6. The van der Waals surface area contributed by atoms with Gasteiger partial charge in [-0.2, -0.15) is 0 Å². The quantitative estimate of drug-likeness (QED) is 0.651. The van der Waals surface area contributed by atoms with Gasteiger partial charge in [-0.1, -0.05) is 67.6 Å². The Labute approximate surface area is 127 Å². The van der Waals surface area contributed by atoms with Gasteiger partial charge in [-0.05, 0) is 17.5 Å². The van der Waals surface area contributed by atoms with Gasteiger partial charge in [0.25, 0.3) is 0 Å². The minimum atomic E-state index is 0.615. The van der Waals surface area contributed by atoms with Gasteiger partial charge < -0.3 is 10.6 Å². The third-order valence-electron chi connectivity index (χ3n) is 3.30. The summed E-state index contributed by atoms with van der Waals surface area (Å²) in [6.07, 6.45) is 1.05. The monoisotopic (exact) mass is 281 g/mol. The number of rotatable bonds is 6. The molecule has 0 atom stereocenters. The molecule has 0 radical (unpaired) electrons. The lowest BCUT2D eigenvalue weighted by atomic mass is 10.2. The minimum absolute atomic E-state index is 0.615. The fraction of sp³-hybridized carbons (Fsp3) is 0.278. The highest BCUT2D eigenvalue weighted by atomic mass is 15.2. The summed E-state index contributed by atoms with van der Waals surface area (Å²) in [4.78, 5) is 6.67. The van der Waals surface area contributed by atoms with Crippen LogP contribution in [0.4, 0.5) is 0 Å². The van der Waals surface area contributed by atoms with Gasteiger partial charge in [0.15, 0.2) is 5.96 Å². The van der Waals surface area contributed by atoms with Gasteiger partial charge in [-0.3, -0.25) is 0 Å². The highest BCUT2D eigenvalue weighted by molar-refractivity contribution is 5.78. The molecule has 0 aromatic heterocycles. The molecule has 2 rings (SSSR count). The topological polar surface area (TPSA) is 41.6 Å². The molecule has 0 spiro atoms. The Morgan fingerprint density at radius 2 is 1.52 bits per heavy atom. The van der Waals surface area contributed by atoms with E-state index in [2.05, 4.69) is 53.2 Å². The summed E-state index contributed by atoms with van der Waals surface area (Å²) in [5, 5.41) is 0. The zero-order chi connectivity index (χ0) is 14.9. The molecule has 0 heterocycles. The SMILES string of the molecule is CCCN(Cc1ccccc1)C(N)=NCc1ccccc1. The predicted molar refractivity (Wildman–Crippen MR) is 88.9 cm³/mol. The smallest absolute Gasteiger partial charge is 0.191 e. The molecule has 3 heteroatoms. The molecule has 0 saturated carbocycles. The molecule has 2 aromatic rings.